The Morgan fingerprint density at radius 3 is 2.18 bits per heavy atom. The van der Waals surface area contributed by atoms with Crippen molar-refractivity contribution in [1.29, 1.82) is 0 Å². The van der Waals surface area contributed by atoms with E-state index in [1.165, 1.54) is 29.5 Å². The van der Waals surface area contributed by atoms with Crippen molar-refractivity contribution < 1.29 is 4.74 Å². The summed E-state index contributed by atoms with van der Waals surface area (Å²) < 4.78 is 5.95. The van der Waals surface area contributed by atoms with E-state index < -0.39 is 8.07 Å². The quantitative estimate of drug-likeness (QED) is 0.561. The fourth-order valence-corrected chi connectivity index (χ4v) is 3.55. The molecule has 1 nitrogen and oxygen atoms in total. The van der Waals surface area contributed by atoms with Crippen LogP contribution in [-0.4, -0.2) is 29.8 Å². The van der Waals surface area contributed by atoms with Gasteiger partial charge < -0.3 is 4.74 Å². The van der Waals surface area contributed by atoms with Crippen LogP contribution in [0.25, 0.3) is 0 Å². The third kappa shape index (κ3) is 1.95. The summed E-state index contributed by atoms with van der Waals surface area (Å²) in [5.74, 6) is 0. The van der Waals surface area contributed by atoms with E-state index in [1.807, 2.05) is 0 Å². The van der Waals surface area contributed by atoms with Gasteiger partial charge in [-0.1, -0.05) is 19.6 Å². The van der Waals surface area contributed by atoms with Crippen LogP contribution in [0.2, 0.25) is 19.6 Å². The normalized spacial score (nSPS) is 34.1. The van der Waals surface area contributed by atoms with Gasteiger partial charge >= 0.3 is 0 Å². The molecule has 0 bridgehead atoms. The molecule has 0 amide bonds. The predicted molar refractivity (Wildman–Crippen MR) is 55.8 cm³/mol. The second-order valence-corrected chi connectivity index (χ2v) is 13.0. The molecule has 0 radical (unpaired) electrons. The summed E-state index contributed by atoms with van der Waals surface area (Å²) in [6.07, 6.45) is 4.02. The van der Waals surface area contributed by atoms with Crippen molar-refractivity contribution in [2.75, 3.05) is 6.61 Å². The fraction of sp³-hybridized carbons (Fsp3) is 1.00. The Bertz CT molecular complexity index is 134. The molecule has 3 heteroatoms. The van der Waals surface area contributed by atoms with Gasteiger partial charge in [-0.25, -0.2) is 0 Å². The van der Waals surface area contributed by atoms with Crippen LogP contribution in [0.4, 0.5) is 0 Å². The molecule has 0 aromatic heterocycles. The van der Waals surface area contributed by atoms with Gasteiger partial charge in [0, 0.05) is 21.7 Å². The Hall–Kier alpha value is 0.394. The maximum absolute atomic E-state index is 5.95. The summed E-state index contributed by atoms with van der Waals surface area (Å²) in [6, 6.07) is 0. The van der Waals surface area contributed by atoms with Crippen LogP contribution in [0.3, 0.4) is 0 Å². The van der Waals surface area contributed by atoms with Gasteiger partial charge in [0.25, 0.3) is 0 Å². The summed E-state index contributed by atoms with van der Waals surface area (Å²) >= 11 is 0. The molecule has 0 aromatic carbocycles. The van der Waals surface area contributed by atoms with Crippen LogP contribution in [0.15, 0.2) is 0 Å². The Balaban J connectivity index is 2.64. The van der Waals surface area contributed by atoms with Crippen molar-refractivity contribution in [1.82, 2.24) is 0 Å². The fourth-order valence-electron chi connectivity index (χ4n) is 1.53. The SMILES string of the molecule is C[Si](C)(C)C1([SiH3])CCCCO1. The second kappa shape index (κ2) is 3.03. The molecule has 1 atom stereocenters. The van der Waals surface area contributed by atoms with Gasteiger partial charge in [0.15, 0.2) is 0 Å². The zero-order valence-electron chi connectivity index (χ0n) is 8.24. The number of rotatable bonds is 1. The second-order valence-electron chi connectivity index (χ2n) is 4.79. The van der Waals surface area contributed by atoms with E-state index in [2.05, 4.69) is 19.6 Å². The lowest BCUT2D eigenvalue weighted by Gasteiger charge is -2.43. The van der Waals surface area contributed by atoms with Gasteiger partial charge in [-0.3, -0.25) is 0 Å². The van der Waals surface area contributed by atoms with Gasteiger partial charge in [-0.05, 0) is 19.3 Å². The topological polar surface area (TPSA) is 9.23 Å². The monoisotopic (exact) mass is 188 g/mol. The Kier molecular flexibility index (Phi) is 2.61. The lowest BCUT2D eigenvalue weighted by molar-refractivity contribution is 0.0306. The van der Waals surface area contributed by atoms with Crippen molar-refractivity contribution in [2.45, 2.75) is 43.8 Å². The maximum atomic E-state index is 5.95. The summed E-state index contributed by atoms with van der Waals surface area (Å²) in [7, 11) is 0.187. The van der Waals surface area contributed by atoms with E-state index in [4.69, 9.17) is 4.74 Å². The molecular formula is C8H20OSi2. The van der Waals surface area contributed by atoms with E-state index in [9.17, 15) is 0 Å². The largest absolute Gasteiger partial charge is 0.383 e. The summed E-state index contributed by atoms with van der Waals surface area (Å²) in [5.41, 5.74) is 0. The highest BCUT2D eigenvalue weighted by Crippen LogP contribution is 2.30. The van der Waals surface area contributed by atoms with E-state index in [0.29, 0.717) is 4.85 Å². The van der Waals surface area contributed by atoms with Gasteiger partial charge in [0.2, 0.25) is 0 Å². The molecule has 1 rings (SSSR count). The van der Waals surface area contributed by atoms with Crippen molar-refractivity contribution >= 4 is 18.3 Å². The molecule has 66 valence electrons. The van der Waals surface area contributed by atoms with Crippen LogP contribution in [-0.2, 0) is 4.74 Å². The van der Waals surface area contributed by atoms with Gasteiger partial charge in [-0.15, -0.1) is 0 Å². The molecule has 1 aliphatic rings. The van der Waals surface area contributed by atoms with Crippen LogP contribution >= 0.6 is 0 Å². The van der Waals surface area contributed by atoms with Crippen molar-refractivity contribution in [3.63, 3.8) is 0 Å². The van der Waals surface area contributed by atoms with Gasteiger partial charge in [0.05, 0.1) is 8.07 Å². The first-order chi connectivity index (χ1) is 4.96. The standard InChI is InChI=1S/C8H20OSi2/c1-11(2,3)8(10)6-4-5-7-9-8/h4-7H2,1-3,10H3. The first-order valence-electron chi connectivity index (χ1n) is 4.60. The molecule has 0 aromatic rings. The van der Waals surface area contributed by atoms with Crippen molar-refractivity contribution in [2.24, 2.45) is 0 Å². The number of hydrogen-bond acceptors (Lipinski definition) is 1. The molecule has 0 saturated carbocycles. The highest BCUT2D eigenvalue weighted by atomic mass is 28.4. The minimum atomic E-state index is -1.04. The molecular weight excluding hydrogens is 168 g/mol. The lowest BCUT2D eigenvalue weighted by Crippen LogP contribution is -2.56. The number of ether oxygens (including phenoxy) is 1. The molecule has 1 unspecified atom stereocenters. The summed E-state index contributed by atoms with van der Waals surface area (Å²) in [4.78, 5) is 0.394. The maximum Gasteiger partial charge on any atom is 0.0770 e. The van der Waals surface area contributed by atoms with E-state index in [-0.39, 0.29) is 0 Å². The van der Waals surface area contributed by atoms with Crippen LogP contribution in [0.1, 0.15) is 19.3 Å². The Labute approximate surface area is 74.0 Å². The van der Waals surface area contributed by atoms with Crippen molar-refractivity contribution in [3.05, 3.63) is 0 Å². The van der Waals surface area contributed by atoms with E-state index >= 15 is 0 Å². The first-order valence-corrected chi connectivity index (χ1v) is 9.10. The lowest BCUT2D eigenvalue weighted by atomic mass is 10.2. The summed E-state index contributed by atoms with van der Waals surface area (Å²) in [6.45, 7) is 8.33. The van der Waals surface area contributed by atoms with E-state index in [0.717, 1.165) is 6.61 Å². The summed E-state index contributed by atoms with van der Waals surface area (Å²) in [5, 5.41) is 0. The number of hydrogen-bond donors (Lipinski definition) is 0. The van der Waals surface area contributed by atoms with Crippen LogP contribution in [0, 0.1) is 0 Å². The average Bonchev–Trinajstić information content (AvgIpc) is 1.87. The predicted octanol–water partition coefficient (Wildman–Crippen LogP) is 1.13. The molecule has 1 heterocycles. The van der Waals surface area contributed by atoms with Crippen LogP contribution in [0.5, 0.6) is 0 Å². The molecule has 0 N–H and O–H groups in total. The molecule has 1 saturated heterocycles. The highest BCUT2D eigenvalue weighted by Gasteiger charge is 2.40. The first kappa shape index (κ1) is 9.48. The van der Waals surface area contributed by atoms with Crippen LogP contribution < -0.4 is 0 Å². The zero-order valence-corrected chi connectivity index (χ0v) is 11.2. The smallest absolute Gasteiger partial charge is 0.0770 e. The van der Waals surface area contributed by atoms with Crippen molar-refractivity contribution in [3.8, 4) is 0 Å². The molecule has 1 fully saturated rings. The Morgan fingerprint density at radius 2 is 1.91 bits per heavy atom. The highest BCUT2D eigenvalue weighted by molar-refractivity contribution is 6.84. The minimum absolute atomic E-state index is 0.394. The molecule has 11 heavy (non-hydrogen) atoms. The third-order valence-electron chi connectivity index (χ3n) is 3.06. The average molecular weight is 188 g/mol. The molecule has 1 aliphatic heterocycles. The zero-order chi connectivity index (χ0) is 8.54. The van der Waals surface area contributed by atoms with Gasteiger partial charge in [0.1, 0.15) is 0 Å². The van der Waals surface area contributed by atoms with Gasteiger partial charge in [-0.2, -0.15) is 0 Å². The Morgan fingerprint density at radius 1 is 1.27 bits per heavy atom. The molecule has 0 spiro atoms. The third-order valence-corrected chi connectivity index (χ3v) is 11.9. The molecule has 0 aliphatic carbocycles. The van der Waals surface area contributed by atoms with E-state index in [1.54, 1.807) is 0 Å². The minimum Gasteiger partial charge on any atom is -0.383 e.